The average molecular weight is 279 g/mol. The summed E-state index contributed by atoms with van der Waals surface area (Å²) >= 11 is 0. The normalized spacial score (nSPS) is 18.4. The summed E-state index contributed by atoms with van der Waals surface area (Å²) < 4.78 is 21.4. The Bertz CT molecular complexity index is 442. The van der Waals surface area contributed by atoms with Crippen molar-refractivity contribution in [1.82, 2.24) is 0 Å². The van der Waals surface area contributed by atoms with E-state index in [-0.39, 0.29) is 6.10 Å². The van der Waals surface area contributed by atoms with E-state index < -0.39 is 0 Å². The van der Waals surface area contributed by atoms with Crippen molar-refractivity contribution < 1.29 is 18.9 Å². The summed E-state index contributed by atoms with van der Waals surface area (Å²) in [5.41, 5.74) is 0.914. The highest BCUT2D eigenvalue weighted by atomic mass is 16.5. The Morgan fingerprint density at radius 1 is 1.20 bits per heavy atom. The third-order valence-electron chi connectivity index (χ3n) is 3.26. The molecule has 2 rings (SSSR count). The first-order valence-electron chi connectivity index (χ1n) is 6.70. The Kier molecular flexibility index (Phi) is 5.24. The van der Waals surface area contributed by atoms with Crippen LogP contribution >= 0.6 is 0 Å². The summed E-state index contributed by atoms with van der Waals surface area (Å²) in [5.74, 6) is 1.85. The van der Waals surface area contributed by atoms with Gasteiger partial charge in [-0.1, -0.05) is 0 Å². The SMILES string of the molecule is COc1cc(C=NC[C@H]2CCCO2)cc(OC)c1OC. The third-order valence-corrected chi connectivity index (χ3v) is 3.26. The molecule has 0 aromatic heterocycles. The maximum absolute atomic E-state index is 5.53. The zero-order valence-corrected chi connectivity index (χ0v) is 12.2. The van der Waals surface area contributed by atoms with E-state index in [1.165, 1.54) is 0 Å². The van der Waals surface area contributed by atoms with Crippen molar-refractivity contribution in [2.24, 2.45) is 4.99 Å². The van der Waals surface area contributed by atoms with Crippen molar-refractivity contribution in [3.8, 4) is 17.2 Å². The molecule has 5 nitrogen and oxygen atoms in total. The Balaban J connectivity index is 2.12. The highest BCUT2D eigenvalue weighted by Crippen LogP contribution is 2.37. The number of aliphatic imine (C=N–C) groups is 1. The lowest BCUT2D eigenvalue weighted by Crippen LogP contribution is -2.09. The molecule has 110 valence electrons. The molecule has 20 heavy (non-hydrogen) atoms. The topological polar surface area (TPSA) is 49.3 Å². The number of ether oxygens (including phenoxy) is 4. The van der Waals surface area contributed by atoms with Gasteiger partial charge in [0.15, 0.2) is 11.5 Å². The number of hydrogen-bond acceptors (Lipinski definition) is 5. The van der Waals surface area contributed by atoms with Crippen LogP contribution in [0, 0.1) is 0 Å². The summed E-state index contributed by atoms with van der Waals surface area (Å²) in [5, 5.41) is 0. The summed E-state index contributed by atoms with van der Waals surface area (Å²) in [4.78, 5) is 4.43. The second-order valence-corrected chi connectivity index (χ2v) is 4.59. The van der Waals surface area contributed by atoms with E-state index >= 15 is 0 Å². The van der Waals surface area contributed by atoms with Gasteiger partial charge in [-0.2, -0.15) is 0 Å². The van der Waals surface area contributed by atoms with Gasteiger partial charge in [0.05, 0.1) is 34.0 Å². The van der Waals surface area contributed by atoms with Gasteiger partial charge in [-0.15, -0.1) is 0 Å². The first-order valence-corrected chi connectivity index (χ1v) is 6.70. The second kappa shape index (κ2) is 7.14. The molecular weight excluding hydrogens is 258 g/mol. The lowest BCUT2D eigenvalue weighted by molar-refractivity contribution is 0.118. The Morgan fingerprint density at radius 2 is 1.90 bits per heavy atom. The van der Waals surface area contributed by atoms with Gasteiger partial charge in [0.1, 0.15) is 0 Å². The molecule has 5 heteroatoms. The predicted molar refractivity (Wildman–Crippen MR) is 77.5 cm³/mol. The van der Waals surface area contributed by atoms with E-state index in [2.05, 4.69) is 4.99 Å². The molecule has 0 bridgehead atoms. The van der Waals surface area contributed by atoms with E-state index in [1.54, 1.807) is 21.3 Å². The fourth-order valence-corrected chi connectivity index (χ4v) is 2.24. The summed E-state index contributed by atoms with van der Waals surface area (Å²) in [6, 6.07) is 3.75. The van der Waals surface area contributed by atoms with E-state index in [0.717, 1.165) is 25.0 Å². The van der Waals surface area contributed by atoms with Crippen LogP contribution < -0.4 is 14.2 Å². The van der Waals surface area contributed by atoms with Crippen LogP contribution in [0.3, 0.4) is 0 Å². The zero-order chi connectivity index (χ0) is 14.4. The van der Waals surface area contributed by atoms with Crippen molar-refractivity contribution in [3.05, 3.63) is 17.7 Å². The molecule has 1 atom stereocenters. The highest BCUT2D eigenvalue weighted by molar-refractivity contribution is 5.82. The minimum Gasteiger partial charge on any atom is -0.493 e. The van der Waals surface area contributed by atoms with Gasteiger partial charge >= 0.3 is 0 Å². The number of methoxy groups -OCH3 is 3. The van der Waals surface area contributed by atoms with Crippen molar-refractivity contribution in [1.29, 1.82) is 0 Å². The van der Waals surface area contributed by atoms with Crippen LogP contribution in [0.1, 0.15) is 18.4 Å². The number of rotatable bonds is 6. The van der Waals surface area contributed by atoms with Gasteiger partial charge < -0.3 is 18.9 Å². The Hall–Kier alpha value is -1.75. The van der Waals surface area contributed by atoms with E-state index in [1.807, 2.05) is 18.3 Å². The van der Waals surface area contributed by atoms with Crippen LogP contribution in [0.4, 0.5) is 0 Å². The first kappa shape index (κ1) is 14.7. The van der Waals surface area contributed by atoms with Crippen molar-refractivity contribution in [2.75, 3.05) is 34.5 Å². The predicted octanol–water partition coefficient (Wildman–Crippen LogP) is 2.31. The number of benzene rings is 1. The number of hydrogen-bond donors (Lipinski definition) is 0. The summed E-state index contributed by atoms with van der Waals surface area (Å²) in [7, 11) is 4.79. The minimum absolute atomic E-state index is 0.258. The fourth-order valence-electron chi connectivity index (χ4n) is 2.24. The molecule has 1 aliphatic heterocycles. The molecule has 0 aliphatic carbocycles. The van der Waals surface area contributed by atoms with E-state index in [9.17, 15) is 0 Å². The van der Waals surface area contributed by atoms with Crippen LogP contribution in [0.2, 0.25) is 0 Å². The van der Waals surface area contributed by atoms with E-state index in [4.69, 9.17) is 18.9 Å². The monoisotopic (exact) mass is 279 g/mol. The van der Waals surface area contributed by atoms with Crippen LogP contribution in [-0.4, -0.2) is 46.8 Å². The molecule has 0 amide bonds. The Morgan fingerprint density at radius 3 is 2.40 bits per heavy atom. The molecule has 0 unspecified atom stereocenters. The molecule has 0 radical (unpaired) electrons. The average Bonchev–Trinajstić information content (AvgIpc) is 2.99. The zero-order valence-electron chi connectivity index (χ0n) is 12.2. The smallest absolute Gasteiger partial charge is 0.203 e. The molecule has 0 saturated carbocycles. The quantitative estimate of drug-likeness (QED) is 0.750. The number of nitrogens with zero attached hydrogens (tertiary/aromatic N) is 1. The van der Waals surface area contributed by atoms with Crippen molar-refractivity contribution in [3.63, 3.8) is 0 Å². The first-order chi connectivity index (χ1) is 9.78. The lowest BCUT2D eigenvalue weighted by atomic mass is 10.2. The molecule has 1 aliphatic rings. The van der Waals surface area contributed by atoms with Gasteiger partial charge in [0, 0.05) is 12.8 Å². The minimum atomic E-state index is 0.258. The highest BCUT2D eigenvalue weighted by Gasteiger charge is 2.15. The van der Waals surface area contributed by atoms with Gasteiger partial charge in [0.25, 0.3) is 0 Å². The van der Waals surface area contributed by atoms with Gasteiger partial charge in [0.2, 0.25) is 5.75 Å². The maximum Gasteiger partial charge on any atom is 0.203 e. The van der Waals surface area contributed by atoms with E-state index in [0.29, 0.717) is 23.8 Å². The summed E-state index contributed by atoms with van der Waals surface area (Å²) in [6.45, 7) is 1.54. The molecule has 1 heterocycles. The molecular formula is C15H21NO4. The van der Waals surface area contributed by atoms with Crippen LogP contribution in [-0.2, 0) is 4.74 Å². The summed E-state index contributed by atoms with van der Waals surface area (Å²) in [6.07, 6.45) is 4.29. The standard InChI is InChI=1S/C15H21NO4/c1-17-13-7-11(8-14(18-2)15(13)19-3)9-16-10-12-5-4-6-20-12/h7-9,12H,4-6,10H2,1-3H3/t12-/m1/s1. The molecule has 0 spiro atoms. The van der Waals surface area contributed by atoms with Crippen molar-refractivity contribution in [2.45, 2.75) is 18.9 Å². The lowest BCUT2D eigenvalue weighted by Gasteiger charge is -2.12. The molecule has 1 aromatic carbocycles. The fraction of sp³-hybridized carbons (Fsp3) is 0.533. The molecule has 1 aromatic rings. The van der Waals surface area contributed by atoms with Crippen molar-refractivity contribution >= 4 is 6.21 Å². The molecule has 1 fully saturated rings. The van der Waals surface area contributed by atoms with Crippen LogP contribution in [0.5, 0.6) is 17.2 Å². The van der Waals surface area contributed by atoms with Gasteiger partial charge in [-0.05, 0) is 30.5 Å². The maximum atomic E-state index is 5.53. The third kappa shape index (κ3) is 3.42. The van der Waals surface area contributed by atoms with Gasteiger partial charge in [-0.25, -0.2) is 0 Å². The molecule has 1 saturated heterocycles. The van der Waals surface area contributed by atoms with Crippen LogP contribution in [0.25, 0.3) is 0 Å². The van der Waals surface area contributed by atoms with Gasteiger partial charge in [-0.3, -0.25) is 4.99 Å². The largest absolute Gasteiger partial charge is 0.493 e. The second-order valence-electron chi connectivity index (χ2n) is 4.59. The van der Waals surface area contributed by atoms with Crippen LogP contribution in [0.15, 0.2) is 17.1 Å². The molecule has 0 N–H and O–H groups in total. The Labute approximate surface area is 119 Å².